The van der Waals surface area contributed by atoms with Gasteiger partial charge in [0.2, 0.25) is 5.89 Å². The minimum Gasteiger partial charge on any atom is -0.377 e. The summed E-state index contributed by atoms with van der Waals surface area (Å²) in [5.74, 6) is 2.00. The van der Waals surface area contributed by atoms with E-state index in [4.69, 9.17) is 9.26 Å². The van der Waals surface area contributed by atoms with Crippen molar-refractivity contribution in [2.75, 3.05) is 34.3 Å². The molecule has 1 aliphatic carbocycles. The van der Waals surface area contributed by atoms with Crippen LogP contribution in [0.2, 0.25) is 0 Å². The van der Waals surface area contributed by atoms with E-state index in [1.54, 1.807) is 7.11 Å². The van der Waals surface area contributed by atoms with Crippen LogP contribution in [0.15, 0.2) is 4.52 Å². The predicted octanol–water partition coefficient (Wildman–Crippen LogP) is 0.244. The average Bonchev–Trinajstić information content (AvgIpc) is 3.14. The summed E-state index contributed by atoms with van der Waals surface area (Å²) < 4.78 is 38.6. The van der Waals surface area contributed by atoms with Crippen LogP contribution in [0.5, 0.6) is 0 Å². The molecule has 0 unspecified atom stereocenters. The molecular formula is C14H26ClN5O4S. The fourth-order valence-corrected chi connectivity index (χ4v) is 4.04. The van der Waals surface area contributed by atoms with E-state index in [2.05, 4.69) is 19.8 Å². The van der Waals surface area contributed by atoms with E-state index < -0.39 is 10.2 Å². The Balaban J connectivity index is 0.00000225. The van der Waals surface area contributed by atoms with Gasteiger partial charge in [-0.2, -0.15) is 22.4 Å². The number of nitrogens with zero attached hydrogens (tertiary/aromatic N) is 4. The Bertz CT molecular complexity index is 664. The van der Waals surface area contributed by atoms with Gasteiger partial charge in [0.05, 0.1) is 6.54 Å². The Morgan fingerprint density at radius 1 is 1.36 bits per heavy atom. The Labute approximate surface area is 154 Å². The lowest BCUT2D eigenvalue weighted by atomic mass is 9.99. The van der Waals surface area contributed by atoms with Gasteiger partial charge in [0, 0.05) is 40.3 Å². The summed E-state index contributed by atoms with van der Waals surface area (Å²) in [6.45, 7) is 2.34. The molecule has 2 aliphatic rings. The van der Waals surface area contributed by atoms with Crippen molar-refractivity contribution in [2.24, 2.45) is 11.8 Å². The number of halogens is 1. The lowest BCUT2D eigenvalue weighted by Crippen LogP contribution is -2.46. The molecule has 1 saturated carbocycles. The van der Waals surface area contributed by atoms with Crippen LogP contribution in [-0.2, 0) is 28.1 Å². The molecule has 2 fully saturated rings. The molecule has 1 aromatic rings. The molecule has 1 saturated heterocycles. The first-order valence-electron chi connectivity index (χ1n) is 8.11. The van der Waals surface area contributed by atoms with Crippen LogP contribution in [0, 0.1) is 11.8 Å². The molecular weight excluding hydrogens is 370 g/mol. The number of rotatable bonds is 8. The van der Waals surface area contributed by atoms with Crippen molar-refractivity contribution < 1.29 is 17.7 Å². The maximum Gasteiger partial charge on any atom is 0.279 e. The fourth-order valence-electron chi connectivity index (χ4n) is 3.20. The molecule has 1 aliphatic heterocycles. The van der Waals surface area contributed by atoms with Crippen molar-refractivity contribution in [3.05, 3.63) is 11.7 Å². The lowest BCUT2D eigenvalue weighted by Gasteiger charge is -2.21. The predicted molar refractivity (Wildman–Crippen MR) is 93.3 cm³/mol. The van der Waals surface area contributed by atoms with Crippen LogP contribution in [-0.4, -0.2) is 68.1 Å². The van der Waals surface area contributed by atoms with Gasteiger partial charge in [-0.15, -0.1) is 12.4 Å². The van der Waals surface area contributed by atoms with Crippen LogP contribution in [0.3, 0.4) is 0 Å². The molecule has 144 valence electrons. The number of likely N-dealkylation sites (tertiary alicyclic amines) is 1. The van der Waals surface area contributed by atoms with Gasteiger partial charge in [0.15, 0.2) is 5.82 Å². The molecule has 0 bridgehead atoms. The minimum absolute atomic E-state index is 0. The monoisotopic (exact) mass is 395 g/mol. The highest BCUT2D eigenvalue weighted by atomic mass is 35.5. The van der Waals surface area contributed by atoms with Crippen LogP contribution in [0.1, 0.15) is 24.6 Å². The van der Waals surface area contributed by atoms with Gasteiger partial charge in [-0.1, -0.05) is 5.16 Å². The van der Waals surface area contributed by atoms with Gasteiger partial charge in [0.25, 0.3) is 10.2 Å². The highest BCUT2D eigenvalue weighted by Gasteiger charge is 2.44. The van der Waals surface area contributed by atoms with Crippen molar-refractivity contribution >= 4 is 22.6 Å². The standard InChI is InChI=1S/C14H25N5O4S.ClH/c1-18(2)24(20,21)17-12-7-19(6-11(12)10-4-5-10)8-14-15-13(9-22-3)16-23-14;/h10-12,17H,4-9H2,1-3H3;1H/t11-,12+;/m1./s1. The molecule has 2 heterocycles. The Hall–Kier alpha value is -0.780. The van der Waals surface area contributed by atoms with Gasteiger partial charge in [-0.05, 0) is 24.7 Å². The average molecular weight is 396 g/mol. The van der Waals surface area contributed by atoms with Crippen LogP contribution in [0.25, 0.3) is 0 Å². The number of nitrogens with one attached hydrogen (secondary N) is 1. The Morgan fingerprint density at radius 3 is 2.68 bits per heavy atom. The zero-order chi connectivity index (χ0) is 17.3. The van der Waals surface area contributed by atoms with Crippen molar-refractivity contribution in [1.29, 1.82) is 0 Å². The first-order chi connectivity index (χ1) is 11.4. The van der Waals surface area contributed by atoms with Gasteiger partial charge in [0.1, 0.15) is 6.61 Å². The number of hydrogen-bond donors (Lipinski definition) is 1. The highest BCUT2D eigenvalue weighted by Crippen LogP contribution is 2.41. The van der Waals surface area contributed by atoms with Crippen molar-refractivity contribution in [3.8, 4) is 0 Å². The molecule has 0 amide bonds. The minimum atomic E-state index is -3.43. The molecule has 11 heteroatoms. The lowest BCUT2D eigenvalue weighted by molar-refractivity contribution is 0.174. The second-order valence-electron chi connectivity index (χ2n) is 6.74. The number of aromatic nitrogens is 2. The summed E-state index contributed by atoms with van der Waals surface area (Å²) in [6.07, 6.45) is 2.36. The zero-order valence-corrected chi connectivity index (χ0v) is 16.3. The summed E-state index contributed by atoms with van der Waals surface area (Å²) in [4.78, 5) is 6.46. The summed E-state index contributed by atoms with van der Waals surface area (Å²) >= 11 is 0. The summed E-state index contributed by atoms with van der Waals surface area (Å²) in [5, 5.41) is 3.86. The first-order valence-corrected chi connectivity index (χ1v) is 9.55. The topological polar surface area (TPSA) is 101 Å². The smallest absolute Gasteiger partial charge is 0.279 e. The summed E-state index contributed by atoms with van der Waals surface area (Å²) in [6, 6.07) is -0.0775. The second-order valence-corrected chi connectivity index (χ2v) is 8.66. The fraction of sp³-hybridized carbons (Fsp3) is 0.857. The van der Waals surface area contributed by atoms with E-state index in [0.29, 0.717) is 43.2 Å². The molecule has 3 rings (SSSR count). The third-order valence-corrected chi connectivity index (χ3v) is 6.15. The largest absolute Gasteiger partial charge is 0.377 e. The molecule has 1 N–H and O–H groups in total. The van der Waals surface area contributed by atoms with E-state index in [9.17, 15) is 8.42 Å². The summed E-state index contributed by atoms with van der Waals surface area (Å²) in [7, 11) is 1.23. The van der Waals surface area contributed by atoms with Gasteiger partial charge < -0.3 is 9.26 Å². The maximum atomic E-state index is 12.2. The van der Waals surface area contributed by atoms with Gasteiger partial charge in [-0.3, -0.25) is 4.90 Å². The van der Waals surface area contributed by atoms with E-state index >= 15 is 0 Å². The normalized spacial score (nSPS) is 24.6. The van der Waals surface area contributed by atoms with Crippen LogP contribution in [0.4, 0.5) is 0 Å². The van der Waals surface area contributed by atoms with Crippen molar-refractivity contribution in [3.63, 3.8) is 0 Å². The SMILES string of the molecule is COCc1noc(CN2C[C@H](NS(=O)(=O)N(C)C)[C@@H](C3CC3)C2)n1.Cl. The van der Waals surface area contributed by atoms with Crippen LogP contribution >= 0.6 is 12.4 Å². The van der Waals surface area contributed by atoms with E-state index in [1.165, 1.54) is 31.2 Å². The second kappa shape index (κ2) is 8.28. The van der Waals surface area contributed by atoms with Crippen molar-refractivity contribution in [2.45, 2.75) is 32.0 Å². The van der Waals surface area contributed by atoms with E-state index in [1.807, 2.05) is 0 Å². The molecule has 2 atom stereocenters. The molecule has 0 aromatic carbocycles. The third kappa shape index (κ3) is 5.11. The van der Waals surface area contributed by atoms with E-state index in [-0.39, 0.29) is 18.4 Å². The number of methoxy groups -OCH3 is 1. The third-order valence-electron chi connectivity index (χ3n) is 4.59. The highest BCUT2D eigenvalue weighted by molar-refractivity contribution is 7.87. The molecule has 0 radical (unpaired) electrons. The first kappa shape index (κ1) is 20.5. The number of hydrogen-bond acceptors (Lipinski definition) is 7. The van der Waals surface area contributed by atoms with Gasteiger partial charge in [-0.25, -0.2) is 0 Å². The van der Waals surface area contributed by atoms with Crippen LogP contribution < -0.4 is 4.72 Å². The molecule has 25 heavy (non-hydrogen) atoms. The van der Waals surface area contributed by atoms with Gasteiger partial charge >= 0.3 is 0 Å². The molecule has 0 spiro atoms. The van der Waals surface area contributed by atoms with Crippen molar-refractivity contribution in [1.82, 2.24) is 24.1 Å². The zero-order valence-electron chi connectivity index (χ0n) is 14.7. The van der Waals surface area contributed by atoms with E-state index in [0.717, 1.165) is 6.54 Å². The summed E-state index contributed by atoms with van der Waals surface area (Å²) in [5.41, 5.74) is 0. The Kier molecular flexibility index (Phi) is 6.80. The molecule has 9 nitrogen and oxygen atoms in total. The quantitative estimate of drug-likeness (QED) is 0.673. The maximum absolute atomic E-state index is 12.2. The number of ether oxygens (including phenoxy) is 1. The Morgan fingerprint density at radius 2 is 2.08 bits per heavy atom. The molecule has 1 aromatic heterocycles.